The fourth-order valence-corrected chi connectivity index (χ4v) is 4.55. The number of amides is 1. The number of anilines is 1. The lowest BCUT2D eigenvalue weighted by molar-refractivity contribution is -0.120. The zero-order chi connectivity index (χ0) is 22.1. The van der Waals surface area contributed by atoms with Crippen LogP contribution < -0.4 is 19.1 Å². The normalized spacial score (nSPS) is 13.8. The summed E-state index contributed by atoms with van der Waals surface area (Å²) in [7, 11) is -3.67. The highest BCUT2D eigenvalue weighted by Gasteiger charge is 2.26. The summed E-state index contributed by atoms with van der Waals surface area (Å²) in [6, 6.07) is 8.75. The van der Waals surface area contributed by atoms with Crippen LogP contribution in [-0.4, -0.2) is 33.4 Å². The van der Waals surface area contributed by atoms with Crippen LogP contribution in [0, 0.1) is 20.8 Å². The highest BCUT2D eigenvalue weighted by atomic mass is 32.2. The number of aryl methyl sites for hydroxylation is 3. The Morgan fingerprint density at radius 2 is 1.73 bits per heavy atom. The number of nitrogens with zero attached hydrogens (tertiary/aromatic N) is 1. The first-order valence-corrected chi connectivity index (χ1v) is 11.5. The molecule has 3 rings (SSSR count). The van der Waals surface area contributed by atoms with Gasteiger partial charge >= 0.3 is 0 Å². The fraction of sp³-hybridized carbons (Fsp3) is 0.409. The van der Waals surface area contributed by atoms with Gasteiger partial charge in [0.15, 0.2) is 11.5 Å². The van der Waals surface area contributed by atoms with Gasteiger partial charge in [-0.05, 0) is 69.0 Å². The minimum atomic E-state index is -3.67. The van der Waals surface area contributed by atoms with Gasteiger partial charge in [-0.2, -0.15) is 0 Å². The molecule has 7 nitrogen and oxygen atoms in total. The van der Waals surface area contributed by atoms with Crippen LogP contribution in [0.5, 0.6) is 11.5 Å². The SMILES string of the molecule is CCS(=O)(=O)N(CC(=O)N[C@@H](C)c1cc(C)c(C)cc1C)c1ccc2c(c1)OCO2. The Labute approximate surface area is 178 Å². The maximum absolute atomic E-state index is 12.8. The van der Waals surface area contributed by atoms with Gasteiger partial charge < -0.3 is 14.8 Å². The van der Waals surface area contributed by atoms with E-state index in [0.29, 0.717) is 17.2 Å². The third-order valence-corrected chi connectivity index (χ3v) is 7.10. The molecule has 0 saturated heterocycles. The second-order valence-electron chi connectivity index (χ2n) is 7.53. The van der Waals surface area contributed by atoms with Crippen LogP contribution >= 0.6 is 0 Å². The number of carbonyl (C=O) groups is 1. The molecule has 162 valence electrons. The van der Waals surface area contributed by atoms with Gasteiger partial charge in [-0.15, -0.1) is 0 Å². The molecule has 8 heteroatoms. The van der Waals surface area contributed by atoms with Gasteiger partial charge in [0.2, 0.25) is 22.7 Å². The molecule has 0 radical (unpaired) electrons. The smallest absolute Gasteiger partial charge is 0.241 e. The van der Waals surface area contributed by atoms with Gasteiger partial charge in [0, 0.05) is 6.07 Å². The predicted octanol–water partition coefficient (Wildman–Crippen LogP) is 3.37. The number of fused-ring (bicyclic) bond motifs is 1. The maximum Gasteiger partial charge on any atom is 0.241 e. The van der Waals surface area contributed by atoms with Crippen LogP contribution in [0.3, 0.4) is 0 Å². The Morgan fingerprint density at radius 3 is 2.43 bits per heavy atom. The molecule has 0 unspecified atom stereocenters. The quantitative estimate of drug-likeness (QED) is 0.725. The van der Waals surface area contributed by atoms with E-state index in [0.717, 1.165) is 21.0 Å². The molecule has 2 aromatic carbocycles. The lowest BCUT2D eigenvalue weighted by Gasteiger charge is -2.25. The summed E-state index contributed by atoms with van der Waals surface area (Å²) in [4.78, 5) is 12.8. The van der Waals surface area contributed by atoms with Crippen LogP contribution in [0.25, 0.3) is 0 Å². The standard InChI is InChI=1S/C22H28N2O5S/c1-6-30(26,27)24(18-7-8-20-21(11-18)29-13-28-20)12-22(25)23-17(5)19-10-15(3)14(2)9-16(19)4/h7-11,17H,6,12-13H2,1-5H3,(H,23,25)/t17-/m0/s1. The molecule has 0 spiro atoms. The van der Waals surface area contributed by atoms with Gasteiger partial charge in [0.25, 0.3) is 0 Å². The van der Waals surface area contributed by atoms with Crippen molar-refractivity contribution in [1.82, 2.24) is 5.32 Å². The summed E-state index contributed by atoms with van der Waals surface area (Å²) in [6.07, 6.45) is 0. The van der Waals surface area contributed by atoms with E-state index in [1.165, 1.54) is 5.56 Å². The Balaban J connectivity index is 1.81. The van der Waals surface area contributed by atoms with Gasteiger partial charge in [0.1, 0.15) is 6.54 Å². The predicted molar refractivity (Wildman–Crippen MR) is 117 cm³/mol. The first kappa shape index (κ1) is 22.0. The topological polar surface area (TPSA) is 84.9 Å². The Morgan fingerprint density at radius 1 is 1.07 bits per heavy atom. The van der Waals surface area contributed by atoms with Gasteiger partial charge in [-0.1, -0.05) is 12.1 Å². The number of nitrogens with one attached hydrogen (secondary N) is 1. The van der Waals surface area contributed by atoms with Crippen molar-refractivity contribution in [1.29, 1.82) is 0 Å². The lowest BCUT2D eigenvalue weighted by atomic mass is 9.96. The summed E-state index contributed by atoms with van der Waals surface area (Å²) in [6.45, 7) is 9.31. The molecule has 1 atom stereocenters. The number of carbonyl (C=O) groups excluding carboxylic acids is 1. The van der Waals surface area contributed by atoms with E-state index in [-0.39, 0.29) is 31.0 Å². The van der Waals surface area contributed by atoms with Crippen molar-refractivity contribution >= 4 is 21.6 Å². The van der Waals surface area contributed by atoms with E-state index in [1.807, 2.05) is 27.7 Å². The Kier molecular flexibility index (Phi) is 6.26. The van der Waals surface area contributed by atoms with Crippen LogP contribution in [0.15, 0.2) is 30.3 Å². The number of hydrogen-bond donors (Lipinski definition) is 1. The number of hydrogen-bond acceptors (Lipinski definition) is 5. The highest BCUT2D eigenvalue weighted by Crippen LogP contribution is 2.36. The van der Waals surface area contributed by atoms with Crippen LogP contribution in [0.1, 0.15) is 42.1 Å². The van der Waals surface area contributed by atoms with Crippen LogP contribution in [0.2, 0.25) is 0 Å². The van der Waals surface area contributed by atoms with Crippen LogP contribution in [0.4, 0.5) is 5.69 Å². The zero-order valence-corrected chi connectivity index (χ0v) is 18.8. The molecular weight excluding hydrogens is 404 g/mol. The number of ether oxygens (including phenoxy) is 2. The molecule has 0 saturated carbocycles. The molecule has 30 heavy (non-hydrogen) atoms. The zero-order valence-electron chi connectivity index (χ0n) is 18.0. The third-order valence-electron chi connectivity index (χ3n) is 5.36. The largest absolute Gasteiger partial charge is 0.454 e. The van der Waals surface area contributed by atoms with Crippen molar-refractivity contribution in [3.8, 4) is 11.5 Å². The average molecular weight is 433 g/mol. The summed E-state index contributed by atoms with van der Waals surface area (Å²) in [5, 5.41) is 2.93. The summed E-state index contributed by atoms with van der Waals surface area (Å²) < 4.78 is 37.2. The van der Waals surface area contributed by atoms with Gasteiger partial charge in [0.05, 0.1) is 17.5 Å². The van der Waals surface area contributed by atoms with E-state index >= 15 is 0 Å². The molecule has 0 aliphatic carbocycles. The van der Waals surface area contributed by atoms with E-state index in [1.54, 1.807) is 25.1 Å². The van der Waals surface area contributed by atoms with Gasteiger partial charge in [-0.25, -0.2) is 8.42 Å². The van der Waals surface area contributed by atoms with E-state index in [9.17, 15) is 13.2 Å². The molecule has 1 heterocycles. The van der Waals surface area contributed by atoms with Crippen molar-refractivity contribution in [2.75, 3.05) is 23.4 Å². The molecular formula is C22H28N2O5S. The first-order chi connectivity index (χ1) is 14.1. The molecule has 0 bridgehead atoms. The minimum Gasteiger partial charge on any atom is -0.454 e. The first-order valence-electron chi connectivity index (χ1n) is 9.89. The lowest BCUT2D eigenvalue weighted by Crippen LogP contribution is -2.42. The molecule has 1 amide bonds. The second kappa shape index (κ2) is 8.55. The number of benzene rings is 2. The Hall–Kier alpha value is -2.74. The molecule has 1 aliphatic heterocycles. The van der Waals surface area contributed by atoms with E-state index < -0.39 is 10.0 Å². The molecule has 2 aromatic rings. The van der Waals surface area contributed by atoms with Crippen LogP contribution in [-0.2, 0) is 14.8 Å². The van der Waals surface area contributed by atoms with Gasteiger partial charge in [-0.3, -0.25) is 9.10 Å². The number of sulfonamides is 1. The molecule has 1 N–H and O–H groups in total. The van der Waals surface area contributed by atoms with Crippen molar-refractivity contribution in [2.24, 2.45) is 0 Å². The van der Waals surface area contributed by atoms with Crippen molar-refractivity contribution in [3.05, 3.63) is 52.6 Å². The Bertz CT molecular complexity index is 1070. The average Bonchev–Trinajstić information content (AvgIpc) is 3.16. The fourth-order valence-electron chi connectivity index (χ4n) is 3.49. The second-order valence-corrected chi connectivity index (χ2v) is 9.71. The summed E-state index contributed by atoms with van der Waals surface area (Å²) in [5.41, 5.74) is 4.80. The monoisotopic (exact) mass is 432 g/mol. The van der Waals surface area contributed by atoms with Crippen molar-refractivity contribution in [3.63, 3.8) is 0 Å². The van der Waals surface area contributed by atoms with E-state index in [4.69, 9.17) is 9.47 Å². The third kappa shape index (κ3) is 4.53. The van der Waals surface area contributed by atoms with E-state index in [2.05, 4.69) is 17.4 Å². The minimum absolute atomic E-state index is 0.0899. The summed E-state index contributed by atoms with van der Waals surface area (Å²) in [5.74, 6) is 0.509. The van der Waals surface area contributed by atoms with Crippen molar-refractivity contribution in [2.45, 2.75) is 40.7 Å². The van der Waals surface area contributed by atoms with Crippen molar-refractivity contribution < 1.29 is 22.7 Å². The number of rotatable bonds is 7. The summed E-state index contributed by atoms with van der Waals surface area (Å²) >= 11 is 0. The molecule has 1 aliphatic rings. The molecule has 0 aromatic heterocycles. The maximum atomic E-state index is 12.8. The molecule has 0 fully saturated rings. The highest BCUT2D eigenvalue weighted by molar-refractivity contribution is 7.92.